The van der Waals surface area contributed by atoms with Crippen molar-refractivity contribution in [2.24, 2.45) is 5.92 Å². The van der Waals surface area contributed by atoms with Gasteiger partial charge in [-0.2, -0.15) is 0 Å². The lowest BCUT2D eigenvalue weighted by atomic mass is 10.1. The van der Waals surface area contributed by atoms with Crippen molar-refractivity contribution in [1.29, 1.82) is 0 Å². The Morgan fingerprint density at radius 3 is 2.43 bits per heavy atom. The van der Waals surface area contributed by atoms with Crippen molar-refractivity contribution in [3.63, 3.8) is 0 Å². The van der Waals surface area contributed by atoms with Crippen LogP contribution in [-0.2, 0) is 4.79 Å². The first-order valence-corrected chi connectivity index (χ1v) is 7.88. The van der Waals surface area contributed by atoms with Crippen molar-refractivity contribution in [2.45, 2.75) is 64.1 Å². The predicted octanol–water partition coefficient (Wildman–Crippen LogP) is 1.53. The van der Waals surface area contributed by atoms with Gasteiger partial charge in [0.15, 0.2) is 0 Å². The third kappa shape index (κ3) is 3.67. The lowest BCUT2D eigenvalue weighted by Crippen LogP contribution is -2.52. The molecule has 0 aromatic rings. The number of aliphatic carboxylic acids is 1. The van der Waals surface area contributed by atoms with E-state index < -0.39 is 18.1 Å². The molecular formula is C15H26N2O4. The molecule has 1 aliphatic carbocycles. The van der Waals surface area contributed by atoms with E-state index in [2.05, 4.69) is 13.8 Å². The molecule has 1 saturated heterocycles. The summed E-state index contributed by atoms with van der Waals surface area (Å²) in [4.78, 5) is 27.3. The van der Waals surface area contributed by atoms with Crippen LogP contribution in [0, 0.1) is 5.92 Å². The second-order valence-corrected chi connectivity index (χ2v) is 6.66. The van der Waals surface area contributed by atoms with Gasteiger partial charge in [0.05, 0.1) is 6.10 Å². The second kappa shape index (κ2) is 6.64. The number of carboxylic acid groups (broad SMARTS) is 1. The average molecular weight is 298 g/mol. The number of aliphatic hydroxyl groups excluding tert-OH is 1. The summed E-state index contributed by atoms with van der Waals surface area (Å²) < 4.78 is 0. The molecule has 6 nitrogen and oxygen atoms in total. The highest BCUT2D eigenvalue weighted by atomic mass is 16.4. The number of carbonyl (C=O) groups is 2. The zero-order valence-corrected chi connectivity index (χ0v) is 12.9. The van der Waals surface area contributed by atoms with Crippen molar-refractivity contribution in [1.82, 2.24) is 9.80 Å². The highest BCUT2D eigenvalue weighted by molar-refractivity contribution is 5.83. The van der Waals surface area contributed by atoms with Gasteiger partial charge in [0.2, 0.25) is 0 Å². The van der Waals surface area contributed by atoms with Gasteiger partial charge in [0.1, 0.15) is 6.04 Å². The largest absolute Gasteiger partial charge is 0.480 e. The van der Waals surface area contributed by atoms with Crippen LogP contribution in [0.15, 0.2) is 0 Å². The average Bonchev–Trinajstić information content (AvgIpc) is 3.03. The van der Waals surface area contributed by atoms with Gasteiger partial charge in [-0.3, -0.25) is 0 Å². The molecule has 6 heteroatoms. The fourth-order valence-electron chi connectivity index (χ4n) is 3.42. The third-order valence-corrected chi connectivity index (χ3v) is 4.38. The Kier molecular flexibility index (Phi) is 5.08. The van der Waals surface area contributed by atoms with Crippen LogP contribution in [-0.4, -0.2) is 63.3 Å². The topological polar surface area (TPSA) is 81.1 Å². The Bertz CT molecular complexity index is 393. The molecule has 1 aliphatic heterocycles. The highest BCUT2D eigenvalue weighted by Gasteiger charge is 2.42. The predicted molar refractivity (Wildman–Crippen MR) is 77.9 cm³/mol. The molecule has 0 radical (unpaired) electrons. The number of likely N-dealkylation sites (tertiary alicyclic amines) is 1. The second-order valence-electron chi connectivity index (χ2n) is 6.66. The Morgan fingerprint density at radius 1 is 1.29 bits per heavy atom. The maximum Gasteiger partial charge on any atom is 0.326 e. The van der Waals surface area contributed by atoms with E-state index in [0.29, 0.717) is 12.5 Å². The summed E-state index contributed by atoms with van der Waals surface area (Å²) in [5.74, 6) is -0.693. The SMILES string of the molecule is CC(C)CN(C(=O)N1C[C@H](O)C[C@H]1C(=O)O)C1CCCC1. The molecule has 2 amide bonds. The molecule has 0 aromatic carbocycles. The maximum absolute atomic E-state index is 12.8. The summed E-state index contributed by atoms with van der Waals surface area (Å²) in [6.45, 7) is 4.88. The number of amides is 2. The van der Waals surface area contributed by atoms with Crippen molar-refractivity contribution in [3.8, 4) is 0 Å². The molecule has 2 aliphatic rings. The van der Waals surface area contributed by atoms with Crippen molar-refractivity contribution in [2.75, 3.05) is 13.1 Å². The van der Waals surface area contributed by atoms with Gasteiger partial charge in [-0.15, -0.1) is 0 Å². The Balaban J connectivity index is 2.14. The van der Waals surface area contributed by atoms with Crippen molar-refractivity contribution >= 4 is 12.0 Å². The minimum absolute atomic E-state index is 0.122. The van der Waals surface area contributed by atoms with E-state index in [-0.39, 0.29) is 25.0 Å². The molecule has 1 heterocycles. The van der Waals surface area contributed by atoms with E-state index in [4.69, 9.17) is 0 Å². The van der Waals surface area contributed by atoms with Gasteiger partial charge in [0.25, 0.3) is 0 Å². The normalized spacial score (nSPS) is 26.6. The molecule has 1 saturated carbocycles. The minimum atomic E-state index is -1.03. The van der Waals surface area contributed by atoms with E-state index in [1.54, 1.807) is 0 Å². The summed E-state index contributed by atoms with van der Waals surface area (Å²) in [6, 6.07) is -0.907. The highest BCUT2D eigenvalue weighted by Crippen LogP contribution is 2.28. The van der Waals surface area contributed by atoms with Gasteiger partial charge in [-0.1, -0.05) is 26.7 Å². The van der Waals surface area contributed by atoms with Crippen molar-refractivity contribution < 1.29 is 19.8 Å². The summed E-state index contributed by atoms with van der Waals surface area (Å²) in [6.07, 6.45) is 3.62. The fraction of sp³-hybridized carbons (Fsp3) is 0.867. The zero-order valence-electron chi connectivity index (χ0n) is 12.9. The number of aliphatic hydroxyl groups is 1. The zero-order chi connectivity index (χ0) is 15.6. The van der Waals surface area contributed by atoms with Gasteiger partial charge in [0, 0.05) is 25.6 Å². The molecule has 2 N–H and O–H groups in total. The number of rotatable bonds is 4. The number of carboxylic acids is 1. The van der Waals surface area contributed by atoms with E-state index in [1.807, 2.05) is 4.90 Å². The van der Waals surface area contributed by atoms with Crippen LogP contribution in [0.2, 0.25) is 0 Å². The molecule has 120 valence electrons. The van der Waals surface area contributed by atoms with E-state index in [1.165, 1.54) is 4.90 Å². The van der Waals surface area contributed by atoms with E-state index >= 15 is 0 Å². The van der Waals surface area contributed by atoms with Crippen molar-refractivity contribution in [3.05, 3.63) is 0 Å². The Hall–Kier alpha value is -1.30. The molecule has 2 fully saturated rings. The molecule has 0 aromatic heterocycles. The van der Waals surface area contributed by atoms with Crippen LogP contribution >= 0.6 is 0 Å². The molecule has 0 bridgehead atoms. The van der Waals surface area contributed by atoms with Crippen LogP contribution < -0.4 is 0 Å². The smallest absolute Gasteiger partial charge is 0.326 e. The maximum atomic E-state index is 12.8. The molecule has 2 atom stereocenters. The summed E-state index contributed by atoms with van der Waals surface area (Å²) >= 11 is 0. The molecular weight excluding hydrogens is 272 g/mol. The number of nitrogens with zero attached hydrogens (tertiary/aromatic N) is 2. The quantitative estimate of drug-likeness (QED) is 0.824. The number of hydrogen-bond acceptors (Lipinski definition) is 3. The van der Waals surface area contributed by atoms with Gasteiger partial charge < -0.3 is 20.0 Å². The molecule has 0 spiro atoms. The van der Waals surface area contributed by atoms with Crippen LogP contribution in [0.25, 0.3) is 0 Å². The van der Waals surface area contributed by atoms with Crippen LogP contribution in [0.3, 0.4) is 0 Å². The van der Waals surface area contributed by atoms with E-state index in [9.17, 15) is 19.8 Å². The Morgan fingerprint density at radius 2 is 1.90 bits per heavy atom. The number of urea groups is 1. The number of carbonyl (C=O) groups excluding carboxylic acids is 1. The Labute approximate surface area is 125 Å². The molecule has 21 heavy (non-hydrogen) atoms. The summed E-state index contributed by atoms with van der Waals surface area (Å²) in [7, 11) is 0. The van der Waals surface area contributed by atoms with Gasteiger partial charge in [-0.25, -0.2) is 9.59 Å². The lowest BCUT2D eigenvalue weighted by Gasteiger charge is -2.35. The van der Waals surface area contributed by atoms with Gasteiger partial charge >= 0.3 is 12.0 Å². The standard InChI is InChI=1S/C15H26N2O4/c1-10(2)8-16(11-5-3-4-6-11)15(21)17-9-12(18)7-13(17)14(19)20/h10-13,18H,3-9H2,1-2H3,(H,19,20)/t12-,13+/m1/s1. The summed E-state index contributed by atoms with van der Waals surface area (Å²) in [5, 5.41) is 19.0. The van der Waals surface area contributed by atoms with Crippen LogP contribution in [0.1, 0.15) is 46.0 Å². The first-order valence-electron chi connectivity index (χ1n) is 7.88. The van der Waals surface area contributed by atoms with Crippen LogP contribution in [0.5, 0.6) is 0 Å². The minimum Gasteiger partial charge on any atom is -0.480 e. The van der Waals surface area contributed by atoms with Crippen LogP contribution in [0.4, 0.5) is 4.79 Å². The number of β-amino-alcohol motifs (C(OH)–C–C–N with tert-alkyl or cyclic N) is 1. The first-order chi connectivity index (χ1) is 9.90. The van der Waals surface area contributed by atoms with Gasteiger partial charge in [-0.05, 0) is 18.8 Å². The molecule has 2 rings (SSSR count). The first kappa shape index (κ1) is 16.1. The summed E-state index contributed by atoms with van der Waals surface area (Å²) in [5.41, 5.74) is 0. The third-order valence-electron chi connectivity index (χ3n) is 4.38. The fourth-order valence-corrected chi connectivity index (χ4v) is 3.42. The van der Waals surface area contributed by atoms with E-state index in [0.717, 1.165) is 25.7 Å². The number of hydrogen-bond donors (Lipinski definition) is 2. The lowest BCUT2D eigenvalue weighted by molar-refractivity contribution is -0.141. The monoisotopic (exact) mass is 298 g/mol. The molecule has 0 unspecified atom stereocenters.